The second kappa shape index (κ2) is 4.08. The average Bonchev–Trinajstić information content (AvgIpc) is 2.08. The standard InChI is InChI=1S/C11H12F2N2O/c12-7-4-8(13)10(9(14)5-7)15-11(16)6-2-1-3-6/h4-6H,1-3,14H2,(H,15,16). The van der Waals surface area contributed by atoms with Gasteiger partial charge in [0, 0.05) is 12.0 Å². The van der Waals surface area contributed by atoms with Gasteiger partial charge >= 0.3 is 0 Å². The summed E-state index contributed by atoms with van der Waals surface area (Å²) in [5.41, 5.74) is 5.22. The summed E-state index contributed by atoms with van der Waals surface area (Å²) in [4.78, 5) is 11.6. The molecule has 0 aliphatic heterocycles. The smallest absolute Gasteiger partial charge is 0.227 e. The van der Waals surface area contributed by atoms with Crippen LogP contribution in [0.2, 0.25) is 0 Å². The van der Waals surface area contributed by atoms with Gasteiger partial charge in [-0.25, -0.2) is 8.78 Å². The molecule has 1 saturated carbocycles. The first-order valence-corrected chi connectivity index (χ1v) is 5.13. The van der Waals surface area contributed by atoms with E-state index in [1.807, 2.05) is 0 Å². The summed E-state index contributed by atoms with van der Waals surface area (Å²) in [7, 11) is 0. The largest absolute Gasteiger partial charge is 0.397 e. The molecule has 0 bridgehead atoms. The minimum atomic E-state index is -0.842. The zero-order chi connectivity index (χ0) is 11.7. The van der Waals surface area contributed by atoms with Crippen LogP contribution in [-0.2, 0) is 4.79 Å². The lowest BCUT2D eigenvalue weighted by Crippen LogP contribution is -2.28. The SMILES string of the molecule is Nc1cc(F)cc(F)c1NC(=O)C1CCC1. The summed E-state index contributed by atoms with van der Waals surface area (Å²) < 4.78 is 26.1. The molecule has 1 amide bonds. The molecule has 0 atom stereocenters. The van der Waals surface area contributed by atoms with Crippen LogP contribution >= 0.6 is 0 Å². The lowest BCUT2D eigenvalue weighted by molar-refractivity contribution is -0.122. The number of anilines is 2. The van der Waals surface area contributed by atoms with Gasteiger partial charge in [0.05, 0.1) is 5.69 Å². The number of halogens is 2. The summed E-state index contributed by atoms with van der Waals surface area (Å²) in [6.45, 7) is 0. The van der Waals surface area contributed by atoms with E-state index in [-0.39, 0.29) is 23.2 Å². The minimum Gasteiger partial charge on any atom is -0.397 e. The van der Waals surface area contributed by atoms with Gasteiger partial charge in [0.2, 0.25) is 5.91 Å². The maximum Gasteiger partial charge on any atom is 0.227 e. The summed E-state index contributed by atoms with van der Waals surface area (Å²) in [6, 6.07) is 1.69. The fourth-order valence-electron chi connectivity index (χ4n) is 1.62. The van der Waals surface area contributed by atoms with Gasteiger partial charge in [0.1, 0.15) is 11.5 Å². The quantitative estimate of drug-likeness (QED) is 0.760. The third-order valence-corrected chi connectivity index (χ3v) is 2.81. The monoisotopic (exact) mass is 226 g/mol. The Bertz CT molecular complexity index is 407. The number of benzene rings is 1. The fourth-order valence-corrected chi connectivity index (χ4v) is 1.62. The number of amides is 1. The van der Waals surface area contributed by atoms with Crippen LogP contribution in [0, 0.1) is 17.6 Å². The molecule has 2 rings (SSSR count). The van der Waals surface area contributed by atoms with Gasteiger partial charge in [-0.05, 0) is 18.9 Å². The summed E-state index contributed by atoms with van der Waals surface area (Å²) in [5.74, 6) is -1.91. The highest BCUT2D eigenvalue weighted by atomic mass is 19.1. The summed E-state index contributed by atoms with van der Waals surface area (Å²) in [6.07, 6.45) is 2.64. The van der Waals surface area contributed by atoms with Crippen molar-refractivity contribution in [1.82, 2.24) is 0 Å². The van der Waals surface area contributed by atoms with Crippen molar-refractivity contribution in [3.05, 3.63) is 23.8 Å². The van der Waals surface area contributed by atoms with Gasteiger partial charge in [-0.2, -0.15) is 0 Å². The van der Waals surface area contributed by atoms with Gasteiger partial charge in [-0.3, -0.25) is 4.79 Å². The number of nitrogen functional groups attached to an aromatic ring is 1. The Kier molecular flexibility index (Phi) is 2.77. The Morgan fingerprint density at radius 1 is 1.38 bits per heavy atom. The molecule has 86 valence electrons. The van der Waals surface area contributed by atoms with E-state index in [4.69, 9.17) is 5.73 Å². The molecule has 0 unspecified atom stereocenters. The zero-order valence-electron chi connectivity index (χ0n) is 8.59. The van der Waals surface area contributed by atoms with Crippen LogP contribution in [0.3, 0.4) is 0 Å². The van der Waals surface area contributed by atoms with Crippen molar-refractivity contribution in [2.75, 3.05) is 11.1 Å². The number of carbonyl (C=O) groups is 1. The first kappa shape index (κ1) is 10.9. The van der Waals surface area contributed by atoms with Crippen molar-refractivity contribution >= 4 is 17.3 Å². The number of nitrogens with one attached hydrogen (secondary N) is 1. The lowest BCUT2D eigenvalue weighted by atomic mass is 9.85. The van der Waals surface area contributed by atoms with Crippen LogP contribution in [-0.4, -0.2) is 5.91 Å². The van der Waals surface area contributed by atoms with Crippen molar-refractivity contribution in [2.45, 2.75) is 19.3 Å². The fraction of sp³-hybridized carbons (Fsp3) is 0.364. The number of rotatable bonds is 2. The topological polar surface area (TPSA) is 55.1 Å². The summed E-state index contributed by atoms with van der Waals surface area (Å²) >= 11 is 0. The van der Waals surface area contributed by atoms with Crippen molar-refractivity contribution in [2.24, 2.45) is 5.92 Å². The average molecular weight is 226 g/mol. The maximum absolute atomic E-state index is 13.3. The van der Waals surface area contributed by atoms with E-state index in [0.29, 0.717) is 6.07 Å². The minimum absolute atomic E-state index is 0.0659. The van der Waals surface area contributed by atoms with Gasteiger partial charge in [-0.15, -0.1) is 0 Å². The van der Waals surface area contributed by atoms with E-state index in [1.165, 1.54) is 0 Å². The molecule has 16 heavy (non-hydrogen) atoms. The normalized spacial score (nSPS) is 15.6. The molecule has 0 aromatic heterocycles. The molecular weight excluding hydrogens is 214 g/mol. The first-order chi connectivity index (χ1) is 7.58. The number of carbonyl (C=O) groups excluding carboxylic acids is 1. The predicted molar refractivity (Wildman–Crippen MR) is 56.7 cm³/mol. The molecule has 1 aromatic carbocycles. The lowest BCUT2D eigenvalue weighted by Gasteiger charge is -2.24. The van der Waals surface area contributed by atoms with E-state index < -0.39 is 11.6 Å². The van der Waals surface area contributed by atoms with Crippen LogP contribution in [0.25, 0.3) is 0 Å². The van der Waals surface area contributed by atoms with E-state index in [0.717, 1.165) is 25.3 Å². The van der Waals surface area contributed by atoms with Gasteiger partial charge in [-0.1, -0.05) is 6.42 Å². The highest BCUT2D eigenvalue weighted by molar-refractivity contribution is 5.95. The molecule has 1 aliphatic carbocycles. The summed E-state index contributed by atoms with van der Waals surface area (Å²) in [5, 5.41) is 2.40. The zero-order valence-corrected chi connectivity index (χ0v) is 8.59. The van der Waals surface area contributed by atoms with Crippen LogP contribution in [0.1, 0.15) is 19.3 Å². The molecule has 3 N–H and O–H groups in total. The molecule has 0 saturated heterocycles. The van der Waals surface area contributed by atoms with Crippen LogP contribution in [0.5, 0.6) is 0 Å². The van der Waals surface area contributed by atoms with Crippen molar-refractivity contribution < 1.29 is 13.6 Å². The number of hydrogen-bond acceptors (Lipinski definition) is 2. The Hall–Kier alpha value is -1.65. The van der Waals surface area contributed by atoms with Crippen LogP contribution in [0.4, 0.5) is 20.2 Å². The van der Waals surface area contributed by atoms with Crippen molar-refractivity contribution in [3.8, 4) is 0 Å². The third kappa shape index (κ3) is 1.98. The van der Waals surface area contributed by atoms with Crippen molar-refractivity contribution in [3.63, 3.8) is 0 Å². The highest BCUT2D eigenvalue weighted by Gasteiger charge is 2.26. The van der Waals surface area contributed by atoms with Crippen LogP contribution in [0.15, 0.2) is 12.1 Å². The second-order valence-electron chi connectivity index (χ2n) is 3.97. The highest BCUT2D eigenvalue weighted by Crippen LogP contribution is 2.30. The molecule has 5 heteroatoms. The Morgan fingerprint density at radius 2 is 2.06 bits per heavy atom. The van der Waals surface area contributed by atoms with E-state index in [2.05, 4.69) is 5.32 Å². The van der Waals surface area contributed by atoms with Gasteiger partial charge in [0.15, 0.2) is 5.82 Å². The molecule has 1 aliphatic rings. The maximum atomic E-state index is 13.3. The Morgan fingerprint density at radius 3 is 2.56 bits per heavy atom. The van der Waals surface area contributed by atoms with E-state index in [1.54, 1.807) is 0 Å². The Labute approximate surface area is 91.6 Å². The van der Waals surface area contributed by atoms with Gasteiger partial charge in [0.25, 0.3) is 0 Å². The second-order valence-corrected chi connectivity index (χ2v) is 3.97. The van der Waals surface area contributed by atoms with Crippen LogP contribution < -0.4 is 11.1 Å². The van der Waals surface area contributed by atoms with E-state index >= 15 is 0 Å². The molecular formula is C11H12F2N2O. The first-order valence-electron chi connectivity index (χ1n) is 5.13. The predicted octanol–water partition coefficient (Wildman–Crippen LogP) is 2.29. The number of nitrogens with two attached hydrogens (primary N) is 1. The molecule has 1 fully saturated rings. The third-order valence-electron chi connectivity index (χ3n) is 2.81. The van der Waals surface area contributed by atoms with Crippen molar-refractivity contribution in [1.29, 1.82) is 0 Å². The molecule has 0 heterocycles. The molecule has 1 aromatic rings. The number of hydrogen-bond donors (Lipinski definition) is 2. The van der Waals surface area contributed by atoms with Gasteiger partial charge < -0.3 is 11.1 Å². The molecule has 0 radical (unpaired) electrons. The molecule has 0 spiro atoms. The molecule has 3 nitrogen and oxygen atoms in total. The van der Waals surface area contributed by atoms with E-state index in [9.17, 15) is 13.6 Å². The Balaban J connectivity index is 2.17.